The number of hydrogen-bond acceptors (Lipinski definition) is 10. The molecular weight excluding hydrogens is 401 g/mol. The summed E-state index contributed by atoms with van der Waals surface area (Å²) in [5.41, 5.74) is 7.17. The molecule has 1 atom stereocenters. The molecule has 0 aliphatic rings. The molecule has 11 nitrogen and oxygen atoms in total. The van der Waals surface area contributed by atoms with Gasteiger partial charge in [0, 0.05) is 6.54 Å². The molecule has 0 aliphatic heterocycles. The summed E-state index contributed by atoms with van der Waals surface area (Å²) in [6.07, 6.45) is 1.61. The Morgan fingerprint density at radius 2 is 1.90 bits per heavy atom. The number of carbonyl (C=O) groups excluding carboxylic acids is 1. The van der Waals surface area contributed by atoms with Crippen LogP contribution in [-0.2, 0) is 20.5 Å². The van der Waals surface area contributed by atoms with Crippen LogP contribution in [0.25, 0.3) is 11.2 Å². The minimum atomic E-state index is -1.91. The van der Waals surface area contributed by atoms with Crippen LogP contribution in [0.3, 0.4) is 0 Å². The lowest BCUT2D eigenvalue weighted by atomic mass is 10.2. The van der Waals surface area contributed by atoms with Gasteiger partial charge in [-0.1, -0.05) is 27.7 Å². The molecule has 0 saturated heterocycles. The molecule has 4 N–H and O–H groups in total. The van der Waals surface area contributed by atoms with E-state index in [9.17, 15) is 4.79 Å². The number of nitrogens with two attached hydrogens (primary N) is 1. The van der Waals surface area contributed by atoms with Crippen molar-refractivity contribution in [1.29, 1.82) is 0 Å². The van der Waals surface area contributed by atoms with E-state index in [0.29, 0.717) is 17.3 Å². The van der Waals surface area contributed by atoms with Gasteiger partial charge in [0.05, 0.1) is 12.4 Å². The fourth-order valence-electron chi connectivity index (χ4n) is 1.83. The third-order valence-corrected chi connectivity index (χ3v) is 3.47. The minimum absolute atomic E-state index is 0.263. The molecule has 0 saturated carbocycles. The van der Waals surface area contributed by atoms with E-state index in [2.05, 4.69) is 42.8 Å². The van der Waals surface area contributed by atoms with Crippen LogP contribution < -0.4 is 5.73 Å². The Hall–Kier alpha value is -2.07. The molecule has 2 aromatic heterocycles. The summed E-state index contributed by atoms with van der Waals surface area (Å²) in [5.74, 6) is 1.00. The van der Waals surface area contributed by atoms with Gasteiger partial charge in [0.25, 0.3) is 0 Å². The van der Waals surface area contributed by atoms with Crippen LogP contribution in [0.1, 0.15) is 41.5 Å². The second-order valence-corrected chi connectivity index (χ2v) is 7.27. The van der Waals surface area contributed by atoms with Gasteiger partial charge in [-0.3, -0.25) is 4.52 Å². The van der Waals surface area contributed by atoms with Gasteiger partial charge < -0.3 is 29.8 Å². The third-order valence-electron chi connectivity index (χ3n) is 2.82. The van der Waals surface area contributed by atoms with Crippen LogP contribution in [0.15, 0.2) is 12.7 Å². The van der Waals surface area contributed by atoms with Crippen LogP contribution in [0.4, 0.5) is 10.6 Å². The molecule has 0 radical (unpaired) electrons. The van der Waals surface area contributed by atoms with Gasteiger partial charge in [-0.05, 0) is 19.8 Å². The normalized spacial score (nSPS) is 11.4. The Balaban J connectivity index is 0.000000500. The van der Waals surface area contributed by atoms with E-state index in [0.717, 1.165) is 12.2 Å². The molecule has 0 aromatic carbocycles. The van der Waals surface area contributed by atoms with E-state index in [4.69, 9.17) is 15.7 Å². The number of carbonyl (C=O) groups is 1. The molecule has 0 bridgehead atoms. The Labute approximate surface area is 172 Å². The summed E-state index contributed by atoms with van der Waals surface area (Å²) in [6, 6.07) is 0. The number of nitrogen functional groups attached to an aromatic ring is 1. The van der Waals surface area contributed by atoms with Gasteiger partial charge in [-0.15, -0.1) is 0 Å². The average molecular weight is 433 g/mol. The van der Waals surface area contributed by atoms with Crippen molar-refractivity contribution in [2.75, 3.05) is 18.9 Å². The van der Waals surface area contributed by atoms with Crippen LogP contribution in [-0.4, -0.2) is 54.9 Å². The molecule has 0 spiro atoms. The molecule has 0 amide bonds. The molecule has 0 fully saturated rings. The summed E-state index contributed by atoms with van der Waals surface area (Å²) in [5, 5.41) is 8.33. The lowest BCUT2D eigenvalue weighted by Gasteiger charge is -2.10. The van der Waals surface area contributed by atoms with Gasteiger partial charge >= 0.3 is 6.16 Å². The van der Waals surface area contributed by atoms with Crippen molar-refractivity contribution in [3.05, 3.63) is 12.7 Å². The summed E-state index contributed by atoms with van der Waals surface area (Å²) in [6.45, 7) is 12.1. The van der Waals surface area contributed by atoms with Crippen molar-refractivity contribution in [1.82, 2.24) is 19.5 Å². The van der Waals surface area contributed by atoms with Crippen molar-refractivity contribution in [2.24, 2.45) is 5.92 Å². The first-order valence-electron chi connectivity index (χ1n) is 9.19. The van der Waals surface area contributed by atoms with Crippen molar-refractivity contribution in [2.45, 2.75) is 54.2 Å². The number of aliphatic hydroxyl groups excluding tert-OH is 1. The molecule has 2 aromatic rings. The summed E-state index contributed by atoms with van der Waals surface area (Å²) < 4.78 is 15.5. The van der Waals surface area contributed by atoms with Crippen LogP contribution in [0.2, 0.25) is 0 Å². The summed E-state index contributed by atoms with van der Waals surface area (Å²) in [7, 11) is -1.91. The van der Waals surface area contributed by atoms with Crippen molar-refractivity contribution >= 4 is 31.5 Å². The van der Waals surface area contributed by atoms with Gasteiger partial charge in [-0.25, -0.2) is 19.7 Å². The van der Waals surface area contributed by atoms with Crippen LogP contribution >= 0.6 is 8.38 Å². The maximum atomic E-state index is 10.7. The average Bonchev–Trinajstić information content (AvgIpc) is 3.07. The van der Waals surface area contributed by atoms with Crippen molar-refractivity contribution in [3.63, 3.8) is 0 Å². The molecule has 12 heteroatoms. The van der Waals surface area contributed by atoms with Crippen LogP contribution in [0.5, 0.6) is 0 Å². The molecule has 0 aliphatic carbocycles. The first-order chi connectivity index (χ1) is 13.7. The molecule has 1 unspecified atom stereocenters. The second kappa shape index (κ2) is 14.9. The van der Waals surface area contributed by atoms with Crippen molar-refractivity contribution < 1.29 is 28.8 Å². The molecule has 29 heavy (non-hydrogen) atoms. The highest BCUT2D eigenvalue weighted by molar-refractivity contribution is 7.45. The fourth-order valence-corrected chi connectivity index (χ4v) is 2.08. The van der Waals surface area contributed by atoms with E-state index in [1.54, 1.807) is 20.2 Å². The monoisotopic (exact) mass is 433 g/mol. The predicted molar refractivity (Wildman–Crippen MR) is 111 cm³/mol. The zero-order valence-corrected chi connectivity index (χ0v) is 18.7. The van der Waals surface area contributed by atoms with Gasteiger partial charge in [-0.2, -0.15) is 0 Å². The fraction of sp³-hybridized carbons (Fsp3) is 0.647. The quantitative estimate of drug-likeness (QED) is 0.337. The van der Waals surface area contributed by atoms with E-state index < -0.39 is 27.7 Å². The largest absolute Gasteiger partial charge is 0.510 e. The first-order valence-corrected chi connectivity index (χ1v) is 10.6. The first kappa shape index (κ1) is 26.9. The lowest BCUT2D eigenvalue weighted by molar-refractivity contribution is -0.00834. The zero-order chi connectivity index (χ0) is 22.4. The molecule has 166 valence electrons. The number of nitrogens with zero attached hydrogens (tertiary/aromatic N) is 4. The van der Waals surface area contributed by atoms with E-state index in [1.807, 2.05) is 18.4 Å². The highest BCUT2D eigenvalue weighted by Crippen LogP contribution is 2.28. The number of hydrogen-bond donors (Lipinski definition) is 3. The number of imidazole rings is 1. The number of aliphatic hydroxyl groups is 1. The third kappa shape index (κ3) is 10.9. The second-order valence-electron chi connectivity index (χ2n) is 6.02. The maximum Gasteiger partial charge on any atom is 0.510 e. The number of fused-ring (bicyclic) bond motifs is 1. The maximum absolute atomic E-state index is 10.7. The van der Waals surface area contributed by atoms with Crippen molar-refractivity contribution in [3.8, 4) is 0 Å². The van der Waals surface area contributed by atoms with Gasteiger partial charge in [0.2, 0.25) is 6.79 Å². The zero-order valence-electron chi connectivity index (χ0n) is 17.8. The molecular formula is C17H32N5O6P. The SMILES string of the molecule is CC.CC(C)Cn1cnc2c(N)ncnc21.CC(C)OC(=O)OCOP(O)CO. The predicted octanol–water partition coefficient (Wildman–Crippen LogP) is 2.87. The molecule has 2 rings (SSSR count). The van der Waals surface area contributed by atoms with E-state index in [-0.39, 0.29) is 6.10 Å². The highest BCUT2D eigenvalue weighted by Gasteiger charge is 2.09. The summed E-state index contributed by atoms with van der Waals surface area (Å²) in [4.78, 5) is 31.6. The number of anilines is 1. The number of aromatic nitrogens is 4. The van der Waals surface area contributed by atoms with Gasteiger partial charge in [0.1, 0.15) is 18.2 Å². The number of ether oxygens (including phenoxy) is 2. The topological polar surface area (TPSA) is 155 Å². The lowest BCUT2D eigenvalue weighted by Crippen LogP contribution is -2.14. The Bertz CT molecular complexity index is 713. The smallest absolute Gasteiger partial charge is 0.432 e. The molecule has 2 heterocycles. The Morgan fingerprint density at radius 1 is 1.24 bits per heavy atom. The highest BCUT2D eigenvalue weighted by atomic mass is 31.2. The van der Waals surface area contributed by atoms with E-state index >= 15 is 0 Å². The standard InChI is InChI=1S/C9H13N5.C6H13O6P.C2H6/c1-6(2)3-14-5-13-7-8(10)11-4-12-9(7)14;1-5(2)12-6(8)10-4-11-13(9)3-7;1-2/h4-6H,3H2,1-2H3,(H2,10,11,12);5,7,9H,3-4H2,1-2H3;1-2H3. The summed E-state index contributed by atoms with van der Waals surface area (Å²) >= 11 is 0. The Kier molecular flexibility index (Phi) is 13.8. The minimum Gasteiger partial charge on any atom is -0.432 e. The van der Waals surface area contributed by atoms with Gasteiger partial charge in [0.15, 0.2) is 19.8 Å². The number of rotatable bonds is 7. The Morgan fingerprint density at radius 3 is 2.45 bits per heavy atom. The van der Waals surface area contributed by atoms with E-state index in [1.165, 1.54) is 6.33 Å². The van der Waals surface area contributed by atoms with Crippen LogP contribution in [0, 0.1) is 5.92 Å².